The second-order valence-corrected chi connectivity index (χ2v) is 4.44. The average Bonchev–Trinajstić information content (AvgIpc) is 2.79. The van der Waals surface area contributed by atoms with Gasteiger partial charge in [0.25, 0.3) is 0 Å². The highest BCUT2D eigenvalue weighted by molar-refractivity contribution is 5.84. The Balaban J connectivity index is 2.35. The van der Waals surface area contributed by atoms with Gasteiger partial charge in [0.1, 0.15) is 6.04 Å². The number of hydrogen-bond acceptors (Lipinski definition) is 3. The Morgan fingerprint density at radius 2 is 2.20 bits per heavy atom. The molecule has 0 saturated carbocycles. The molecule has 0 aliphatic carbocycles. The predicted octanol–water partition coefficient (Wildman–Crippen LogP) is 1.10. The SMILES string of the molecule is CC(=O)NC(Cn1ccc2ccc(C#N)cc21)C(=O)O. The second-order valence-electron chi connectivity index (χ2n) is 4.44. The lowest BCUT2D eigenvalue weighted by molar-refractivity contribution is -0.141. The minimum Gasteiger partial charge on any atom is -0.480 e. The standard InChI is InChI=1S/C14H13N3O3/c1-9(18)16-12(14(19)20)8-17-5-4-11-3-2-10(7-15)6-13(11)17/h2-6,12H,8H2,1H3,(H,16,18)(H,19,20). The molecule has 2 aromatic rings. The van der Waals surface area contributed by atoms with Crippen molar-refractivity contribution in [3.8, 4) is 6.07 Å². The fourth-order valence-electron chi connectivity index (χ4n) is 2.04. The number of rotatable bonds is 4. The van der Waals surface area contributed by atoms with Crippen molar-refractivity contribution in [2.75, 3.05) is 0 Å². The molecule has 6 nitrogen and oxygen atoms in total. The van der Waals surface area contributed by atoms with Crippen molar-refractivity contribution in [3.63, 3.8) is 0 Å². The number of nitriles is 1. The van der Waals surface area contributed by atoms with Crippen molar-refractivity contribution in [3.05, 3.63) is 36.0 Å². The van der Waals surface area contributed by atoms with Gasteiger partial charge in [-0.15, -0.1) is 0 Å². The summed E-state index contributed by atoms with van der Waals surface area (Å²) in [6.45, 7) is 1.38. The molecule has 0 fully saturated rings. The van der Waals surface area contributed by atoms with Crippen LogP contribution in [0, 0.1) is 11.3 Å². The number of benzene rings is 1. The van der Waals surface area contributed by atoms with E-state index in [-0.39, 0.29) is 6.54 Å². The summed E-state index contributed by atoms with van der Waals surface area (Å²) in [5.74, 6) is -1.50. The molecule has 1 amide bonds. The van der Waals surface area contributed by atoms with Crippen LogP contribution in [0.15, 0.2) is 30.5 Å². The first-order valence-electron chi connectivity index (χ1n) is 6.00. The quantitative estimate of drug-likeness (QED) is 0.870. The minimum absolute atomic E-state index is 0.104. The lowest BCUT2D eigenvalue weighted by Crippen LogP contribution is -2.42. The van der Waals surface area contributed by atoms with Crippen LogP contribution in [0.4, 0.5) is 0 Å². The zero-order chi connectivity index (χ0) is 14.7. The number of aliphatic carboxylic acids is 1. The summed E-state index contributed by atoms with van der Waals surface area (Å²) in [6, 6.07) is 8.08. The Kier molecular flexibility index (Phi) is 3.71. The van der Waals surface area contributed by atoms with Crippen LogP contribution in [0.25, 0.3) is 10.9 Å². The first kappa shape index (κ1) is 13.6. The summed E-state index contributed by atoms with van der Waals surface area (Å²) in [4.78, 5) is 22.2. The first-order valence-corrected chi connectivity index (χ1v) is 6.00. The summed E-state index contributed by atoms with van der Waals surface area (Å²) < 4.78 is 1.71. The van der Waals surface area contributed by atoms with E-state index in [9.17, 15) is 9.59 Å². The number of amides is 1. The number of aromatic nitrogens is 1. The van der Waals surface area contributed by atoms with E-state index < -0.39 is 17.9 Å². The highest BCUT2D eigenvalue weighted by Gasteiger charge is 2.19. The monoisotopic (exact) mass is 271 g/mol. The topological polar surface area (TPSA) is 95.1 Å². The Morgan fingerprint density at radius 3 is 2.80 bits per heavy atom. The van der Waals surface area contributed by atoms with Crippen molar-refractivity contribution in [1.29, 1.82) is 5.26 Å². The Labute approximate surface area is 115 Å². The zero-order valence-electron chi connectivity index (χ0n) is 10.8. The molecule has 1 heterocycles. The van der Waals surface area contributed by atoms with Crippen LogP contribution in [0.2, 0.25) is 0 Å². The lowest BCUT2D eigenvalue weighted by Gasteiger charge is -2.15. The van der Waals surface area contributed by atoms with Gasteiger partial charge in [-0.25, -0.2) is 4.79 Å². The molecular weight excluding hydrogens is 258 g/mol. The maximum atomic E-state index is 11.1. The van der Waals surface area contributed by atoms with Gasteiger partial charge in [0.15, 0.2) is 0 Å². The Bertz CT molecular complexity index is 712. The number of carbonyl (C=O) groups excluding carboxylic acids is 1. The molecular formula is C14H13N3O3. The van der Waals surface area contributed by atoms with Gasteiger partial charge >= 0.3 is 5.97 Å². The van der Waals surface area contributed by atoms with Crippen LogP contribution in [-0.4, -0.2) is 27.6 Å². The molecule has 2 N–H and O–H groups in total. The molecule has 1 aromatic heterocycles. The molecule has 1 aromatic carbocycles. The highest BCUT2D eigenvalue weighted by Crippen LogP contribution is 2.17. The molecule has 0 bridgehead atoms. The zero-order valence-corrected chi connectivity index (χ0v) is 10.8. The van der Waals surface area contributed by atoms with Crippen LogP contribution in [0.3, 0.4) is 0 Å². The van der Waals surface area contributed by atoms with E-state index >= 15 is 0 Å². The summed E-state index contributed by atoms with van der Waals surface area (Å²) in [5, 5.41) is 21.3. The summed E-state index contributed by atoms with van der Waals surface area (Å²) in [6.07, 6.45) is 1.74. The van der Waals surface area contributed by atoms with Crippen LogP contribution in [0.1, 0.15) is 12.5 Å². The van der Waals surface area contributed by atoms with Gasteiger partial charge in [-0.3, -0.25) is 4.79 Å². The van der Waals surface area contributed by atoms with E-state index in [1.807, 2.05) is 12.1 Å². The molecule has 0 aliphatic heterocycles. The van der Waals surface area contributed by atoms with Gasteiger partial charge in [-0.2, -0.15) is 5.26 Å². The van der Waals surface area contributed by atoms with E-state index in [0.717, 1.165) is 10.9 Å². The number of carboxylic acid groups (broad SMARTS) is 1. The summed E-state index contributed by atoms with van der Waals surface area (Å²) in [5.41, 5.74) is 1.27. The normalized spacial score (nSPS) is 11.8. The smallest absolute Gasteiger partial charge is 0.328 e. The third-order valence-corrected chi connectivity index (χ3v) is 2.96. The van der Waals surface area contributed by atoms with Crippen molar-refractivity contribution >= 4 is 22.8 Å². The molecule has 0 saturated heterocycles. The van der Waals surface area contributed by atoms with E-state index in [1.165, 1.54) is 6.92 Å². The Hall–Kier alpha value is -2.81. The molecule has 102 valence electrons. The number of hydrogen-bond donors (Lipinski definition) is 2. The summed E-state index contributed by atoms with van der Waals surface area (Å²) >= 11 is 0. The number of carboxylic acids is 1. The van der Waals surface area contributed by atoms with Gasteiger partial charge < -0.3 is 15.0 Å². The maximum absolute atomic E-state index is 11.1. The number of nitrogens with zero attached hydrogens (tertiary/aromatic N) is 2. The molecule has 6 heteroatoms. The molecule has 1 unspecified atom stereocenters. The van der Waals surface area contributed by atoms with Crippen molar-refractivity contribution in [2.45, 2.75) is 19.5 Å². The number of nitrogens with one attached hydrogen (secondary N) is 1. The summed E-state index contributed by atoms with van der Waals surface area (Å²) in [7, 11) is 0. The third kappa shape index (κ3) is 2.78. The predicted molar refractivity (Wildman–Crippen MR) is 71.9 cm³/mol. The second kappa shape index (κ2) is 5.45. The van der Waals surface area contributed by atoms with Crippen molar-refractivity contribution in [2.24, 2.45) is 0 Å². The van der Waals surface area contributed by atoms with E-state index in [1.54, 1.807) is 29.0 Å². The van der Waals surface area contributed by atoms with Crippen molar-refractivity contribution < 1.29 is 14.7 Å². The molecule has 2 rings (SSSR count). The number of fused-ring (bicyclic) bond motifs is 1. The molecule has 0 spiro atoms. The van der Waals surface area contributed by atoms with Crippen LogP contribution in [-0.2, 0) is 16.1 Å². The van der Waals surface area contributed by atoms with Gasteiger partial charge in [0, 0.05) is 18.6 Å². The fourth-order valence-corrected chi connectivity index (χ4v) is 2.04. The van der Waals surface area contributed by atoms with Gasteiger partial charge in [-0.05, 0) is 23.6 Å². The molecule has 0 radical (unpaired) electrons. The highest BCUT2D eigenvalue weighted by atomic mass is 16.4. The molecule has 1 atom stereocenters. The largest absolute Gasteiger partial charge is 0.480 e. The Morgan fingerprint density at radius 1 is 1.45 bits per heavy atom. The average molecular weight is 271 g/mol. The van der Waals surface area contributed by atoms with E-state index in [2.05, 4.69) is 5.32 Å². The lowest BCUT2D eigenvalue weighted by atomic mass is 10.2. The first-order chi connectivity index (χ1) is 9.51. The van der Waals surface area contributed by atoms with Crippen molar-refractivity contribution in [1.82, 2.24) is 9.88 Å². The van der Waals surface area contributed by atoms with Gasteiger partial charge in [0.2, 0.25) is 5.91 Å². The third-order valence-electron chi connectivity index (χ3n) is 2.96. The molecule has 20 heavy (non-hydrogen) atoms. The fraction of sp³-hybridized carbons (Fsp3) is 0.214. The van der Waals surface area contributed by atoms with Crippen LogP contribution < -0.4 is 5.32 Å². The van der Waals surface area contributed by atoms with E-state index in [4.69, 9.17) is 10.4 Å². The van der Waals surface area contributed by atoms with Crippen LogP contribution >= 0.6 is 0 Å². The minimum atomic E-state index is -1.10. The maximum Gasteiger partial charge on any atom is 0.328 e. The van der Waals surface area contributed by atoms with Gasteiger partial charge in [0.05, 0.1) is 18.2 Å². The molecule has 0 aliphatic rings. The van der Waals surface area contributed by atoms with E-state index in [0.29, 0.717) is 5.56 Å². The van der Waals surface area contributed by atoms with Gasteiger partial charge in [-0.1, -0.05) is 6.07 Å². The number of carbonyl (C=O) groups is 2. The van der Waals surface area contributed by atoms with Crippen LogP contribution in [0.5, 0.6) is 0 Å².